The Balaban J connectivity index is 1.37. The first-order chi connectivity index (χ1) is 16.6. The predicted molar refractivity (Wildman–Crippen MR) is 132 cm³/mol. The van der Waals surface area contributed by atoms with Crippen molar-refractivity contribution in [2.45, 2.75) is 31.3 Å². The second-order valence-corrected chi connectivity index (χ2v) is 9.42. The van der Waals surface area contributed by atoms with E-state index in [9.17, 15) is 9.59 Å². The largest absolute Gasteiger partial charge is 0.316 e. The molecule has 1 aliphatic carbocycles. The van der Waals surface area contributed by atoms with E-state index < -0.39 is 0 Å². The third-order valence-electron chi connectivity index (χ3n) is 6.97. The normalized spacial score (nSPS) is 20.4. The molecule has 7 nitrogen and oxygen atoms in total. The molecule has 2 aliphatic rings. The summed E-state index contributed by atoms with van der Waals surface area (Å²) in [5.74, 6) is 0.882. The molecular weight excluding hydrogens is 426 g/mol. The highest BCUT2D eigenvalue weighted by molar-refractivity contribution is 5.99. The molecule has 1 saturated heterocycles. The number of nitrogens with zero attached hydrogens (tertiary/aromatic N) is 4. The zero-order chi connectivity index (χ0) is 23.2. The van der Waals surface area contributed by atoms with Gasteiger partial charge in [-0.2, -0.15) is 5.10 Å². The fourth-order valence-corrected chi connectivity index (χ4v) is 4.97. The molecule has 0 radical (unpaired) electrons. The summed E-state index contributed by atoms with van der Waals surface area (Å²) in [4.78, 5) is 27.0. The Bertz CT molecular complexity index is 1420. The van der Waals surface area contributed by atoms with Gasteiger partial charge in [-0.1, -0.05) is 30.3 Å². The summed E-state index contributed by atoms with van der Waals surface area (Å²) in [7, 11) is 1.73. The number of benzene rings is 2. The first-order valence-electron chi connectivity index (χ1n) is 11.8. The maximum absolute atomic E-state index is 13.3. The van der Waals surface area contributed by atoms with E-state index in [-0.39, 0.29) is 23.6 Å². The minimum absolute atomic E-state index is 0.0522. The molecule has 2 aromatic heterocycles. The molecule has 1 unspecified atom stereocenters. The number of amides is 1. The van der Waals surface area contributed by atoms with E-state index in [0.717, 1.165) is 40.3 Å². The van der Waals surface area contributed by atoms with E-state index in [0.29, 0.717) is 6.42 Å². The summed E-state index contributed by atoms with van der Waals surface area (Å²) >= 11 is 0. The lowest BCUT2D eigenvalue weighted by Crippen LogP contribution is -2.37. The van der Waals surface area contributed by atoms with Crippen molar-refractivity contribution in [3.05, 3.63) is 89.0 Å². The molecule has 1 amide bonds. The monoisotopic (exact) mass is 453 g/mol. The maximum Gasteiger partial charge on any atom is 0.250 e. The number of fused-ring (bicyclic) bond motifs is 1. The molecular formula is C27H27N5O2. The van der Waals surface area contributed by atoms with Gasteiger partial charge in [0.25, 0.3) is 0 Å². The molecule has 7 heteroatoms. The fourth-order valence-electron chi connectivity index (χ4n) is 4.97. The van der Waals surface area contributed by atoms with Gasteiger partial charge in [-0.3, -0.25) is 9.59 Å². The molecule has 2 fully saturated rings. The molecule has 6 rings (SSSR count). The van der Waals surface area contributed by atoms with Crippen LogP contribution in [0.2, 0.25) is 0 Å². The van der Waals surface area contributed by atoms with Crippen molar-refractivity contribution in [3.63, 3.8) is 0 Å². The van der Waals surface area contributed by atoms with Gasteiger partial charge in [0.05, 0.1) is 23.4 Å². The molecule has 1 saturated carbocycles. The standard InChI is InChI=1S/C27H27N5O2/c1-30-17-22(10-12-25(30)33)32-24-11-9-21(13-20(24)16-29-32)31-26(34)14-23(28-15-18-7-8-18)27(31)19-5-3-2-4-6-19/h2-6,9-13,16-18,23,27-28H,7-8,14-15H2,1H3/t23?,27-/m1/s1. The first-order valence-corrected chi connectivity index (χ1v) is 11.8. The Kier molecular flexibility index (Phi) is 5.07. The summed E-state index contributed by atoms with van der Waals surface area (Å²) in [6.07, 6.45) is 6.63. The van der Waals surface area contributed by atoms with Crippen LogP contribution in [0.4, 0.5) is 5.69 Å². The summed E-state index contributed by atoms with van der Waals surface area (Å²) in [6, 6.07) is 19.7. The smallest absolute Gasteiger partial charge is 0.250 e. The van der Waals surface area contributed by atoms with E-state index >= 15 is 0 Å². The van der Waals surface area contributed by atoms with E-state index in [1.807, 2.05) is 52.2 Å². The molecule has 2 aromatic carbocycles. The molecule has 0 bridgehead atoms. The predicted octanol–water partition coefficient (Wildman–Crippen LogP) is 3.57. The molecule has 0 spiro atoms. The van der Waals surface area contributed by atoms with Crippen LogP contribution in [-0.2, 0) is 11.8 Å². The minimum Gasteiger partial charge on any atom is -0.316 e. The van der Waals surface area contributed by atoms with E-state index in [4.69, 9.17) is 0 Å². The van der Waals surface area contributed by atoms with E-state index in [2.05, 4.69) is 22.5 Å². The Morgan fingerprint density at radius 2 is 1.79 bits per heavy atom. The van der Waals surface area contributed by atoms with Crippen LogP contribution in [0.1, 0.15) is 30.9 Å². The van der Waals surface area contributed by atoms with E-state index in [1.165, 1.54) is 12.8 Å². The van der Waals surface area contributed by atoms with Crippen LogP contribution in [0.5, 0.6) is 0 Å². The first kappa shape index (κ1) is 20.9. The summed E-state index contributed by atoms with van der Waals surface area (Å²) < 4.78 is 3.36. The highest BCUT2D eigenvalue weighted by atomic mass is 16.2. The van der Waals surface area contributed by atoms with Gasteiger partial charge in [-0.05, 0) is 55.1 Å². The third-order valence-corrected chi connectivity index (χ3v) is 6.97. The molecule has 172 valence electrons. The number of nitrogens with one attached hydrogen (secondary N) is 1. The van der Waals surface area contributed by atoms with Crippen LogP contribution >= 0.6 is 0 Å². The molecule has 34 heavy (non-hydrogen) atoms. The van der Waals surface area contributed by atoms with Crippen LogP contribution in [0, 0.1) is 5.92 Å². The lowest BCUT2D eigenvalue weighted by atomic mass is 9.99. The van der Waals surface area contributed by atoms with Gasteiger partial charge in [0.15, 0.2) is 0 Å². The lowest BCUT2D eigenvalue weighted by molar-refractivity contribution is -0.117. The molecule has 4 aromatic rings. The Hall–Kier alpha value is -3.71. The highest BCUT2D eigenvalue weighted by Crippen LogP contribution is 2.39. The topological polar surface area (TPSA) is 72.2 Å². The lowest BCUT2D eigenvalue weighted by Gasteiger charge is -2.29. The number of aryl methyl sites for hydroxylation is 1. The van der Waals surface area contributed by atoms with Crippen LogP contribution in [0.25, 0.3) is 16.6 Å². The number of anilines is 1. The summed E-state index contributed by atoms with van der Waals surface area (Å²) in [6.45, 7) is 0.973. The Morgan fingerprint density at radius 1 is 1.00 bits per heavy atom. The quantitative estimate of drug-likeness (QED) is 0.485. The number of carbonyl (C=O) groups is 1. The molecule has 3 heterocycles. The van der Waals surface area contributed by atoms with Gasteiger partial charge >= 0.3 is 0 Å². The second kappa shape index (κ2) is 8.25. The summed E-state index contributed by atoms with van der Waals surface area (Å²) in [5, 5.41) is 9.19. The molecule has 2 atom stereocenters. The Labute approximate surface area is 197 Å². The van der Waals surface area contributed by atoms with Crippen LogP contribution in [0.15, 0.2) is 77.9 Å². The average Bonchev–Trinajstić information content (AvgIpc) is 3.49. The van der Waals surface area contributed by atoms with Crippen molar-refractivity contribution >= 4 is 22.5 Å². The van der Waals surface area contributed by atoms with Gasteiger partial charge in [-0.15, -0.1) is 0 Å². The van der Waals surface area contributed by atoms with Crippen LogP contribution in [-0.4, -0.2) is 32.8 Å². The van der Waals surface area contributed by atoms with Gasteiger partial charge in [0, 0.05) is 42.8 Å². The van der Waals surface area contributed by atoms with E-state index in [1.54, 1.807) is 29.9 Å². The highest BCUT2D eigenvalue weighted by Gasteiger charge is 2.42. The van der Waals surface area contributed by atoms with Crippen molar-refractivity contribution in [1.29, 1.82) is 0 Å². The number of pyridine rings is 1. The number of carbonyl (C=O) groups excluding carboxylic acids is 1. The number of aromatic nitrogens is 3. The number of rotatable bonds is 6. The maximum atomic E-state index is 13.3. The second-order valence-electron chi connectivity index (χ2n) is 9.42. The minimum atomic E-state index is -0.0631. The molecule has 1 aliphatic heterocycles. The van der Waals surface area contributed by atoms with Crippen LogP contribution in [0.3, 0.4) is 0 Å². The zero-order valence-corrected chi connectivity index (χ0v) is 19.1. The van der Waals surface area contributed by atoms with Crippen molar-refractivity contribution in [1.82, 2.24) is 19.7 Å². The molecule has 1 N–H and O–H groups in total. The van der Waals surface area contributed by atoms with Crippen LogP contribution < -0.4 is 15.8 Å². The van der Waals surface area contributed by atoms with Crippen molar-refractivity contribution < 1.29 is 4.79 Å². The van der Waals surface area contributed by atoms with Gasteiger partial charge < -0.3 is 14.8 Å². The Morgan fingerprint density at radius 3 is 2.56 bits per heavy atom. The third kappa shape index (κ3) is 3.72. The number of hydrogen-bond acceptors (Lipinski definition) is 4. The number of hydrogen-bond donors (Lipinski definition) is 1. The van der Waals surface area contributed by atoms with Gasteiger partial charge in [0.2, 0.25) is 11.5 Å². The average molecular weight is 454 g/mol. The van der Waals surface area contributed by atoms with Gasteiger partial charge in [-0.25, -0.2) is 4.68 Å². The van der Waals surface area contributed by atoms with Gasteiger partial charge in [0.1, 0.15) is 0 Å². The van der Waals surface area contributed by atoms with Crippen molar-refractivity contribution in [3.8, 4) is 5.69 Å². The zero-order valence-electron chi connectivity index (χ0n) is 19.1. The summed E-state index contributed by atoms with van der Waals surface area (Å²) in [5.41, 5.74) is 3.69. The van der Waals surface area contributed by atoms with Crippen molar-refractivity contribution in [2.24, 2.45) is 13.0 Å². The van der Waals surface area contributed by atoms with Crippen molar-refractivity contribution in [2.75, 3.05) is 11.4 Å². The fraction of sp³-hybridized carbons (Fsp3) is 0.296. The SMILES string of the molecule is Cn1cc(-n2ncc3cc(N4C(=O)CC(NCC5CC5)[C@H]4c4ccccc4)ccc32)ccc1=O.